The molecular weight excluding hydrogens is 302 g/mol. The zero-order chi connectivity index (χ0) is 14.8. The highest BCUT2D eigenvalue weighted by Gasteiger charge is 2.17. The lowest BCUT2D eigenvalue weighted by atomic mass is 9.98. The van der Waals surface area contributed by atoms with Gasteiger partial charge in [-0.2, -0.15) is 0 Å². The van der Waals surface area contributed by atoms with Gasteiger partial charge in [-0.05, 0) is 47.1 Å². The fourth-order valence-electron chi connectivity index (χ4n) is 2.59. The fraction of sp³-hybridized carbons (Fsp3) is 0.176. The van der Waals surface area contributed by atoms with Gasteiger partial charge in [0.25, 0.3) is 0 Å². The number of halogens is 1. The zero-order valence-electron chi connectivity index (χ0n) is 11.9. The normalized spacial score (nSPS) is 12.5. The second-order valence-corrected chi connectivity index (χ2v) is 6.12. The Morgan fingerprint density at radius 2 is 2.00 bits per heavy atom. The Balaban J connectivity index is 2.08. The number of hydrogen-bond donors (Lipinski definition) is 1. The van der Waals surface area contributed by atoms with Gasteiger partial charge >= 0.3 is 0 Å². The second-order valence-electron chi connectivity index (χ2n) is 4.80. The summed E-state index contributed by atoms with van der Waals surface area (Å²) in [5, 5.41) is 7.52. The molecule has 108 valence electrons. The smallest absolute Gasteiger partial charge is 0.137 e. The molecule has 0 aliphatic rings. The van der Waals surface area contributed by atoms with Gasteiger partial charge in [-0.1, -0.05) is 35.9 Å². The Kier molecular flexibility index (Phi) is 4.15. The summed E-state index contributed by atoms with van der Waals surface area (Å²) in [5.74, 6) is 0.699. The number of nitrogens with one attached hydrogen (secondary N) is 1. The second kappa shape index (κ2) is 6.06. The molecule has 21 heavy (non-hydrogen) atoms. The summed E-state index contributed by atoms with van der Waals surface area (Å²) in [6, 6.07) is 14.5. The topological polar surface area (TPSA) is 21.3 Å². The maximum Gasteiger partial charge on any atom is 0.137 e. The summed E-state index contributed by atoms with van der Waals surface area (Å²) in [6.07, 6.45) is 0. The summed E-state index contributed by atoms with van der Waals surface area (Å²) < 4.78 is 6.52. The summed E-state index contributed by atoms with van der Waals surface area (Å²) in [4.78, 5) is 0. The molecule has 0 bridgehead atoms. The van der Waals surface area contributed by atoms with E-state index in [-0.39, 0.29) is 6.04 Å². The summed E-state index contributed by atoms with van der Waals surface area (Å²) in [6.45, 7) is 0. The molecule has 0 saturated heterocycles. The van der Waals surface area contributed by atoms with Crippen LogP contribution in [0.25, 0.3) is 10.1 Å². The van der Waals surface area contributed by atoms with Gasteiger partial charge in [-0.3, -0.25) is 0 Å². The van der Waals surface area contributed by atoms with Gasteiger partial charge in [0.05, 0.1) is 18.2 Å². The van der Waals surface area contributed by atoms with Crippen molar-refractivity contribution in [3.8, 4) is 5.75 Å². The molecule has 0 spiro atoms. The highest BCUT2D eigenvalue weighted by atomic mass is 35.5. The molecule has 2 nitrogen and oxygen atoms in total. The van der Waals surface area contributed by atoms with Crippen LogP contribution in [0.3, 0.4) is 0 Å². The number of hydrogen-bond acceptors (Lipinski definition) is 3. The maximum atomic E-state index is 6.26. The molecule has 1 N–H and O–H groups in total. The highest BCUT2D eigenvalue weighted by Crippen LogP contribution is 2.35. The molecule has 0 aliphatic carbocycles. The lowest BCUT2D eigenvalue weighted by Gasteiger charge is -2.17. The van der Waals surface area contributed by atoms with Gasteiger partial charge in [0.1, 0.15) is 5.75 Å². The van der Waals surface area contributed by atoms with Crippen molar-refractivity contribution in [2.24, 2.45) is 0 Å². The zero-order valence-corrected chi connectivity index (χ0v) is 13.5. The Bertz CT molecular complexity index is 768. The van der Waals surface area contributed by atoms with E-state index >= 15 is 0 Å². The standard InChI is InChI=1S/C17H16ClNOS/c1-19-17(11-7-8-15(20-2)14(18)9-11)13-10-21-16-6-4-3-5-12(13)16/h3-10,17,19H,1-2H3. The first-order valence-electron chi connectivity index (χ1n) is 6.71. The minimum absolute atomic E-state index is 0.115. The first-order valence-corrected chi connectivity index (χ1v) is 7.97. The summed E-state index contributed by atoms with van der Waals surface area (Å²) in [7, 11) is 3.60. The van der Waals surface area contributed by atoms with Crippen molar-refractivity contribution >= 4 is 33.0 Å². The Morgan fingerprint density at radius 1 is 1.19 bits per heavy atom. The predicted molar refractivity (Wildman–Crippen MR) is 90.7 cm³/mol. The van der Waals surface area contributed by atoms with Gasteiger partial charge in [-0.15, -0.1) is 11.3 Å². The maximum absolute atomic E-state index is 6.26. The van der Waals surface area contributed by atoms with E-state index in [2.05, 4.69) is 41.0 Å². The van der Waals surface area contributed by atoms with Crippen LogP contribution in [-0.4, -0.2) is 14.2 Å². The molecule has 0 amide bonds. The van der Waals surface area contributed by atoms with Crippen molar-refractivity contribution < 1.29 is 4.74 Å². The first kappa shape index (κ1) is 14.4. The SMILES string of the molecule is CNC(c1ccc(OC)c(Cl)c1)c1csc2ccccc12. The van der Waals surface area contributed by atoms with E-state index in [1.165, 1.54) is 15.6 Å². The van der Waals surface area contributed by atoms with Gasteiger partial charge in [-0.25, -0.2) is 0 Å². The number of benzene rings is 2. The molecule has 0 radical (unpaired) electrons. The van der Waals surface area contributed by atoms with Gasteiger partial charge in [0.2, 0.25) is 0 Å². The predicted octanol–water partition coefficient (Wildman–Crippen LogP) is 4.87. The van der Waals surface area contributed by atoms with E-state index in [0.717, 1.165) is 5.56 Å². The molecule has 1 unspecified atom stereocenters. The third kappa shape index (κ3) is 2.64. The first-order chi connectivity index (χ1) is 10.2. The number of fused-ring (bicyclic) bond motifs is 1. The van der Waals surface area contributed by atoms with Crippen LogP contribution in [0, 0.1) is 0 Å². The molecule has 0 fully saturated rings. The third-order valence-electron chi connectivity index (χ3n) is 3.62. The lowest BCUT2D eigenvalue weighted by molar-refractivity contribution is 0.414. The molecular formula is C17H16ClNOS. The quantitative estimate of drug-likeness (QED) is 0.741. The highest BCUT2D eigenvalue weighted by molar-refractivity contribution is 7.17. The molecule has 0 saturated carbocycles. The molecule has 1 aromatic heterocycles. The molecule has 1 heterocycles. The van der Waals surface area contributed by atoms with E-state index in [0.29, 0.717) is 10.8 Å². The van der Waals surface area contributed by atoms with E-state index in [4.69, 9.17) is 16.3 Å². The number of rotatable bonds is 4. The Hall–Kier alpha value is -1.55. The fourth-order valence-corrected chi connectivity index (χ4v) is 3.84. The van der Waals surface area contributed by atoms with E-state index < -0.39 is 0 Å². The van der Waals surface area contributed by atoms with E-state index in [1.54, 1.807) is 18.4 Å². The molecule has 0 aliphatic heterocycles. The third-order valence-corrected chi connectivity index (χ3v) is 4.90. The van der Waals surface area contributed by atoms with Crippen LogP contribution in [0.4, 0.5) is 0 Å². The monoisotopic (exact) mass is 317 g/mol. The van der Waals surface area contributed by atoms with Crippen molar-refractivity contribution in [1.29, 1.82) is 0 Å². The Labute approximate surface area is 133 Å². The number of ether oxygens (including phenoxy) is 1. The minimum atomic E-state index is 0.115. The van der Waals surface area contributed by atoms with Crippen LogP contribution in [0.2, 0.25) is 5.02 Å². The Morgan fingerprint density at radius 3 is 2.71 bits per heavy atom. The average molecular weight is 318 g/mol. The van der Waals surface area contributed by atoms with Crippen LogP contribution >= 0.6 is 22.9 Å². The van der Waals surface area contributed by atoms with Crippen molar-refractivity contribution in [1.82, 2.24) is 5.32 Å². The lowest BCUT2D eigenvalue weighted by Crippen LogP contribution is -2.17. The van der Waals surface area contributed by atoms with Crippen molar-refractivity contribution in [2.45, 2.75) is 6.04 Å². The molecule has 1 atom stereocenters. The number of methoxy groups -OCH3 is 1. The van der Waals surface area contributed by atoms with Crippen molar-refractivity contribution in [3.63, 3.8) is 0 Å². The molecule has 3 rings (SSSR count). The van der Waals surface area contributed by atoms with Gasteiger partial charge in [0, 0.05) is 4.70 Å². The summed E-state index contributed by atoms with van der Waals surface area (Å²) >= 11 is 8.03. The molecule has 4 heteroatoms. The van der Waals surface area contributed by atoms with E-state index in [1.807, 2.05) is 19.2 Å². The van der Waals surface area contributed by atoms with Crippen molar-refractivity contribution in [2.75, 3.05) is 14.2 Å². The largest absolute Gasteiger partial charge is 0.495 e. The van der Waals surface area contributed by atoms with Crippen LogP contribution in [0.15, 0.2) is 47.8 Å². The van der Waals surface area contributed by atoms with Crippen LogP contribution in [-0.2, 0) is 0 Å². The van der Waals surface area contributed by atoms with Crippen LogP contribution in [0.1, 0.15) is 17.2 Å². The van der Waals surface area contributed by atoms with Gasteiger partial charge < -0.3 is 10.1 Å². The van der Waals surface area contributed by atoms with Crippen LogP contribution < -0.4 is 10.1 Å². The molecule has 2 aromatic carbocycles. The summed E-state index contributed by atoms with van der Waals surface area (Å²) in [5.41, 5.74) is 2.41. The van der Waals surface area contributed by atoms with Crippen molar-refractivity contribution in [3.05, 3.63) is 64.0 Å². The van der Waals surface area contributed by atoms with Crippen LogP contribution in [0.5, 0.6) is 5.75 Å². The molecule has 3 aromatic rings. The van der Waals surface area contributed by atoms with Gasteiger partial charge in [0.15, 0.2) is 0 Å². The minimum Gasteiger partial charge on any atom is -0.495 e. The van der Waals surface area contributed by atoms with E-state index in [9.17, 15) is 0 Å². The number of thiophene rings is 1. The average Bonchev–Trinajstić information content (AvgIpc) is 2.93.